The number of carbonyl (C=O) groups excluding carboxylic acids is 1. The Morgan fingerprint density at radius 3 is 2.64 bits per heavy atom. The minimum absolute atomic E-state index is 0.0508. The Morgan fingerprint density at radius 1 is 1.20 bits per heavy atom. The van der Waals surface area contributed by atoms with Crippen LogP contribution in [0.3, 0.4) is 0 Å². The van der Waals surface area contributed by atoms with E-state index in [4.69, 9.17) is 4.42 Å². The Hall–Kier alpha value is -1.88. The van der Waals surface area contributed by atoms with Gasteiger partial charge < -0.3 is 9.73 Å². The molecule has 1 atom stereocenters. The normalized spacial score (nSPS) is 21.6. The van der Waals surface area contributed by atoms with Gasteiger partial charge in [-0.3, -0.25) is 9.69 Å². The summed E-state index contributed by atoms with van der Waals surface area (Å²) in [5.41, 5.74) is 1.80. The van der Waals surface area contributed by atoms with Crippen molar-refractivity contribution in [2.45, 2.75) is 63.5 Å². The average Bonchev–Trinajstić information content (AvgIpc) is 3.30. The Balaban J connectivity index is 1.33. The van der Waals surface area contributed by atoms with E-state index >= 15 is 0 Å². The van der Waals surface area contributed by atoms with Crippen molar-refractivity contribution in [3.05, 3.63) is 30.2 Å². The van der Waals surface area contributed by atoms with Crippen molar-refractivity contribution in [3.8, 4) is 0 Å². The number of carbonyl (C=O) groups is 1. The molecule has 5 nitrogen and oxygen atoms in total. The van der Waals surface area contributed by atoms with E-state index < -0.39 is 0 Å². The first-order chi connectivity index (χ1) is 12.2. The van der Waals surface area contributed by atoms with Gasteiger partial charge in [-0.25, -0.2) is 4.98 Å². The summed E-state index contributed by atoms with van der Waals surface area (Å²) < 4.78 is 5.93. The number of piperidine rings is 1. The average molecular weight is 341 g/mol. The van der Waals surface area contributed by atoms with Crippen LogP contribution in [0.15, 0.2) is 28.7 Å². The highest BCUT2D eigenvalue weighted by Gasteiger charge is 2.30. The molecule has 2 heterocycles. The first-order valence-corrected chi connectivity index (χ1v) is 9.60. The van der Waals surface area contributed by atoms with Crippen LogP contribution in [-0.2, 0) is 4.79 Å². The number of fused-ring (bicyclic) bond motifs is 1. The van der Waals surface area contributed by atoms with Crippen LogP contribution in [0.1, 0.15) is 57.3 Å². The lowest BCUT2D eigenvalue weighted by atomic mass is 9.95. The van der Waals surface area contributed by atoms with Gasteiger partial charge >= 0.3 is 0 Å². The molecule has 4 rings (SSSR count). The van der Waals surface area contributed by atoms with Crippen LogP contribution in [0.5, 0.6) is 0 Å². The zero-order chi connectivity index (χ0) is 17.2. The molecule has 1 aromatic heterocycles. The van der Waals surface area contributed by atoms with E-state index in [1.807, 2.05) is 31.2 Å². The number of nitrogens with zero attached hydrogens (tertiary/aromatic N) is 2. The molecule has 2 aromatic rings. The van der Waals surface area contributed by atoms with E-state index in [0.29, 0.717) is 12.0 Å². The molecule has 1 amide bonds. The summed E-state index contributed by atoms with van der Waals surface area (Å²) in [4.78, 5) is 19.4. The second-order valence-corrected chi connectivity index (χ2v) is 7.50. The van der Waals surface area contributed by atoms with Gasteiger partial charge in [0.15, 0.2) is 11.5 Å². The number of benzene rings is 1. The van der Waals surface area contributed by atoms with Gasteiger partial charge in [0, 0.05) is 12.0 Å². The summed E-state index contributed by atoms with van der Waals surface area (Å²) in [6, 6.07) is 8.27. The van der Waals surface area contributed by atoms with E-state index in [0.717, 1.165) is 55.8 Å². The second-order valence-electron chi connectivity index (χ2n) is 7.50. The fraction of sp³-hybridized carbons (Fsp3) is 0.600. The van der Waals surface area contributed by atoms with E-state index in [1.54, 1.807) is 0 Å². The van der Waals surface area contributed by atoms with Crippen molar-refractivity contribution in [2.24, 2.45) is 0 Å². The van der Waals surface area contributed by atoms with Crippen molar-refractivity contribution >= 4 is 17.0 Å². The lowest BCUT2D eigenvalue weighted by Gasteiger charge is -2.34. The highest BCUT2D eigenvalue weighted by molar-refractivity contribution is 5.81. The molecule has 134 valence electrons. The minimum Gasteiger partial charge on any atom is -0.440 e. The van der Waals surface area contributed by atoms with Gasteiger partial charge in [-0.1, -0.05) is 25.0 Å². The van der Waals surface area contributed by atoms with Crippen LogP contribution in [0.2, 0.25) is 0 Å². The van der Waals surface area contributed by atoms with Crippen molar-refractivity contribution in [1.29, 1.82) is 0 Å². The molecular weight excluding hydrogens is 314 g/mol. The van der Waals surface area contributed by atoms with Crippen LogP contribution in [-0.4, -0.2) is 41.0 Å². The molecule has 1 unspecified atom stereocenters. The molecule has 25 heavy (non-hydrogen) atoms. The Bertz CT molecular complexity index is 694. The molecular formula is C20H27N3O2. The maximum atomic E-state index is 12.5. The van der Waals surface area contributed by atoms with E-state index in [-0.39, 0.29) is 11.9 Å². The van der Waals surface area contributed by atoms with Crippen molar-refractivity contribution < 1.29 is 9.21 Å². The van der Waals surface area contributed by atoms with Crippen LogP contribution in [0, 0.1) is 0 Å². The SMILES string of the molecule is CC(C(=O)NC1CCCC1)N1CCC(c2nc3ccccc3o2)CC1. The largest absolute Gasteiger partial charge is 0.440 e. The summed E-state index contributed by atoms with van der Waals surface area (Å²) in [5, 5.41) is 3.23. The molecule has 1 aliphatic heterocycles. The summed E-state index contributed by atoms with van der Waals surface area (Å²) in [6.45, 7) is 3.87. The molecule has 0 radical (unpaired) electrons. The summed E-state index contributed by atoms with van der Waals surface area (Å²) in [7, 11) is 0. The fourth-order valence-corrected chi connectivity index (χ4v) is 4.16. The Morgan fingerprint density at radius 2 is 1.92 bits per heavy atom. The Labute approximate surface area is 148 Å². The van der Waals surface area contributed by atoms with Gasteiger partial charge in [-0.15, -0.1) is 0 Å². The van der Waals surface area contributed by atoms with Crippen molar-refractivity contribution in [3.63, 3.8) is 0 Å². The Kier molecular flexibility index (Phi) is 4.75. The van der Waals surface area contributed by atoms with E-state index in [2.05, 4.69) is 15.2 Å². The highest BCUT2D eigenvalue weighted by Crippen LogP contribution is 2.30. The molecule has 2 aliphatic rings. The third-order valence-corrected chi connectivity index (χ3v) is 5.82. The molecule has 1 N–H and O–H groups in total. The summed E-state index contributed by atoms with van der Waals surface area (Å²) in [6.07, 6.45) is 6.75. The third-order valence-electron chi connectivity index (χ3n) is 5.82. The molecule has 1 saturated heterocycles. The zero-order valence-corrected chi connectivity index (χ0v) is 14.9. The number of nitrogens with one attached hydrogen (secondary N) is 1. The van der Waals surface area contributed by atoms with Gasteiger partial charge in [0.2, 0.25) is 5.91 Å². The quantitative estimate of drug-likeness (QED) is 0.925. The van der Waals surface area contributed by atoms with Gasteiger partial charge in [-0.2, -0.15) is 0 Å². The van der Waals surface area contributed by atoms with Gasteiger partial charge in [0.05, 0.1) is 6.04 Å². The van der Waals surface area contributed by atoms with Gasteiger partial charge in [-0.05, 0) is 57.8 Å². The standard InChI is InChI=1S/C20H27N3O2/c1-14(19(24)21-16-6-2-3-7-16)23-12-10-15(11-13-23)20-22-17-8-4-5-9-18(17)25-20/h4-5,8-9,14-16H,2-3,6-7,10-13H2,1H3,(H,21,24). The minimum atomic E-state index is -0.0508. The predicted molar refractivity (Wildman–Crippen MR) is 97.4 cm³/mol. The number of aromatic nitrogens is 1. The summed E-state index contributed by atoms with van der Waals surface area (Å²) in [5.74, 6) is 1.39. The molecule has 0 spiro atoms. The van der Waals surface area contributed by atoms with E-state index in [1.165, 1.54) is 12.8 Å². The smallest absolute Gasteiger partial charge is 0.237 e. The number of hydrogen-bond donors (Lipinski definition) is 1. The molecule has 0 bridgehead atoms. The first kappa shape index (κ1) is 16.6. The molecule has 1 aromatic carbocycles. The molecule has 5 heteroatoms. The van der Waals surface area contributed by atoms with Crippen molar-refractivity contribution in [2.75, 3.05) is 13.1 Å². The lowest BCUT2D eigenvalue weighted by molar-refractivity contribution is -0.127. The molecule has 2 fully saturated rings. The van der Waals surface area contributed by atoms with Crippen LogP contribution >= 0.6 is 0 Å². The lowest BCUT2D eigenvalue weighted by Crippen LogP contribution is -2.50. The fourth-order valence-electron chi connectivity index (χ4n) is 4.16. The van der Waals surface area contributed by atoms with E-state index in [9.17, 15) is 4.79 Å². The van der Waals surface area contributed by atoms with Crippen LogP contribution in [0.4, 0.5) is 0 Å². The number of hydrogen-bond acceptors (Lipinski definition) is 4. The zero-order valence-electron chi connectivity index (χ0n) is 14.9. The third kappa shape index (κ3) is 3.56. The van der Waals surface area contributed by atoms with Crippen LogP contribution < -0.4 is 5.32 Å². The first-order valence-electron chi connectivity index (χ1n) is 9.60. The summed E-state index contributed by atoms with van der Waals surface area (Å²) >= 11 is 0. The maximum absolute atomic E-state index is 12.5. The number of para-hydroxylation sites is 2. The van der Waals surface area contributed by atoms with Gasteiger partial charge in [0.25, 0.3) is 0 Å². The molecule has 1 saturated carbocycles. The van der Waals surface area contributed by atoms with Gasteiger partial charge in [0.1, 0.15) is 5.52 Å². The number of likely N-dealkylation sites (tertiary alicyclic amines) is 1. The highest BCUT2D eigenvalue weighted by atomic mass is 16.3. The number of rotatable bonds is 4. The topological polar surface area (TPSA) is 58.4 Å². The monoisotopic (exact) mass is 341 g/mol. The number of amides is 1. The maximum Gasteiger partial charge on any atom is 0.237 e. The van der Waals surface area contributed by atoms with Crippen LogP contribution in [0.25, 0.3) is 11.1 Å². The van der Waals surface area contributed by atoms with Crippen molar-refractivity contribution in [1.82, 2.24) is 15.2 Å². The second kappa shape index (κ2) is 7.16. The number of oxazole rings is 1. The predicted octanol–water partition coefficient (Wildman–Crippen LogP) is 3.45. The molecule has 1 aliphatic carbocycles.